The second-order valence-electron chi connectivity index (χ2n) is 2.81. The fourth-order valence-electron chi connectivity index (χ4n) is 1.05. The summed E-state index contributed by atoms with van der Waals surface area (Å²) < 4.78 is 0. The number of hydrogen-bond donors (Lipinski definition) is 2. The Kier molecular flexibility index (Phi) is 4.78. The first kappa shape index (κ1) is 12.2. The number of rotatable bonds is 3. The van der Waals surface area contributed by atoms with Crippen LogP contribution in [0.1, 0.15) is 6.92 Å². The molecule has 0 saturated carbocycles. The van der Waals surface area contributed by atoms with Crippen LogP contribution >= 0.6 is 23.4 Å². The molecule has 0 aliphatic carbocycles. The Hall–Kier alpha value is -0.870. The summed E-state index contributed by atoms with van der Waals surface area (Å²) in [4.78, 5) is 4.98. The predicted octanol–water partition coefficient (Wildman–Crippen LogP) is 2.81. The van der Waals surface area contributed by atoms with E-state index in [4.69, 9.17) is 17.3 Å². The quantitative estimate of drug-likeness (QED) is 0.488. The zero-order chi connectivity index (χ0) is 11.3. The molecule has 5 heteroatoms. The van der Waals surface area contributed by atoms with Crippen molar-refractivity contribution in [1.82, 2.24) is 0 Å². The molecule has 0 heterocycles. The summed E-state index contributed by atoms with van der Waals surface area (Å²) in [6.45, 7) is 2.11. The maximum Gasteiger partial charge on any atom is 0.192 e. The van der Waals surface area contributed by atoms with Gasteiger partial charge in [-0.25, -0.2) is 0 Å². The van der Waals surface area contributed by atoms with Gasteiger partial charge < -0.3 is 11.1 Å². The van der Waals surface area contributed by atoms with Gasteiger partial charge in [0.15, 0.2) is 5.96 Å². The SMILES string of the molecule is CCSc1ccc(Cl)c(NC(N)=NC)c1. The summed E-state index contributed by atoms with van der Waals surface area (Å²) in [5.41, 5.74) is 6.36. The molecule has 82 valence electrons. The number of nitrogens with one attached hydrogen (secondary N) is 1. The van der Waals surface area contributed by atoms with Crippen molar-refractivity contribution in [3.05, 3.63) is 23.2 Å². The minimum Gasteiger partial charge on any atom is -0.370 e. The molecule has 0 atom stereocenters. The third kappa shape index (κ3) is 3.64. The predicted molar refractivity (Wildman–Crippen MR) is 69.0 cm³/mol. The summed E-state index contributed by atoms with van der Waals surface area (Å²) in [5.74, 6) is 1.38. The van der Waals surface area contributed by atoms with Crippen molar-refractivity contribution in [1.29, 1.82) is 0 Å². The van der Waals surface area contributed by atoms with Gasteiger partial charge in [-0.3, -0.25) is 4.99 Å². The van der Waals surface area contributed by atoms with Crippen LogP contribution in [0.15, 0.2) is 28.1 Å². The molecular formula is C10H14ClN3S. The Balaban J connectivity index is 2.90. The zero-order valence-electron chi connectivity index (χ0n) is 8.75. The van der Waals surface area contributed by atoms with Crippen molar-refractivity contribution >= 4 is 35.0 Å². The lowest BCUT2D eigenvalue weighted by atomic mass is 10.3. The highest BCUT2D eigenvalue weighted by molar-refractivity contribution is 7.99. The molecule has 3 N–H and O–H groups in total. The first-order chi connectivity index (χ1) is 7.17. The Morgan fingerprint density at radius 2 is 2.33 bits per heavy atom. The Morgan fingerprint density at radius 3 is 2.93 bits per heavy atom. The molecule has 1 rings (SSSR count). The minimum atomic E-state index is 0.357. The number of aliphatic imine (C=N–C) groups is 1. The maximum atomic E-state index is 6.02. The summed E-state index contributed by atoms with van der Waals surface area (Å²) in [6, 6.07) is 5.81. The smallest absolute Gasteiger partial charge is 0.192 e. The van der Waals surface area contributed by atoms with Crippen molar-refractivity contribution < 1.29 is 0 Å². The van der Waals surface area contributed by atoms with E-state index in [0.717, 1.165) is 16.3 Å². The fraction of sp³-hybridized carbons (Fsp3) is 0.300. The Labute approximate surface area is 99.1 Å². The highest BCUT2D eigenvalue weighted by Crippen LogP contribution is 2.27. The van der Waals surface area contributed by atoms with E-state index >= 15 is 0 Å². The molecule has 0 radical (unpaired) electrons. The van der Waals surface area contributed by atoms with Crippen LogP contribution in [-0.2, 0) is 0 Å². The number of anilines is 1. The molecular weight excluding hydrogens is 230 g/mol. The summed E-state index contributed by atoms with van der Waals surface area (Å²) in [5, 5.41) is 3.58. The van der Waals surface area contributed by atoms with Gasteiger partial charge in [0.1, 0.15) is 0 Å². The lowest BCUT2D eigenvalue weighted by Gasteiger charge is -2.08. The summed E-state index contributed by atoms with van der Waals surface area (Å²) >= 11 is 7.77. The fourth-order valence-corrected chi connectivity index (χ4v) is 1.91. The first-order valence-corrected chi connectivity index (χ1v) is 5.95. The molecule has 0 saturated heterocycles. The molecule has 0 aliphatic rings. The van der Waals surface area contributed by atoms with Crippen LogP contribution in [0.3, 0.4) is 0 Å². The molecule has 1 aromatic carbocycles. The van der Waals surface area contributed by atoms with Gasteiger partial charge in [-0.2, -0.15) is 0 Å². The summed E-state index contributed by atoms with van der Waals surface area (Å²) in [6.07, 6.45) is 0. The van der Waals surface area contributed by atoms with Gasteiger partial charge in [0.2, 0.25) is 0 Å². The number of thioether (sulfide) groups is 1. The molecule has 0 aromatic heterocycles. The molecule has 1 aromatic rings. The van der Waals surface area contributed by atoms with Gasteiger partial charge in [0.25, 0.3) is 0 Å². The summed E-state index contributed by atoms with van der Waals surface area (Å²) in [7, 11) is 1.63. The van der Waals surface area contributed by atoms with Crippen LogP contribution < -0.4 is 11.1 Å². The van der Waals surface area contributed by atoms with Gasteiger partial charge >= 0.3 is 0 Å². The second kappa shape index (κ2) is 5.88. The molecule has 3 nitrogen and oxygen atoms in total. The Morgan fingerprint density at radius 1 is 1.60 bits per heavy atom. The monoisotopic (exact) mass is 243 g/mol. The molecule has 0 amide bonds. The molecule has 0 fully saturated rings. The van der Waals surface area contributed by atoms with Gasteiger partial charge in [0, 0.05) is 11.9 Å². The average Bonchev–Trinajstić information content (AvgIpc) is 2.23. The van der Waals surface area contributed by atoms with Gasteiger partial charge in [0.05, 0.1) is 10.7 Å². The topological polar surface area (TPSA) is 50.4 Å². The van der Waals surface area contributed by atoms with E-state index in [0.29, 0.717) is 11.0 Å². The molecule has 15 heavy (non-hydrogen) atoms. The van der Waals surface area contributed by atoms with E-state index in [2.05, 4.69) is 17.2 Å². The third-order valence-electron chi connectivity index (χ3n) is 1.75. The minimum absolute atomic E-state index is 0.357. The molecule has 0 spiro atoms. The Bertz CT molecular complexity index is 366. The number of guanidine groups is 1. The van der Waals surface area contributed by atoms with Crippen LogP contribution in [0.2, 0.25) is 5.02 Å². The highest BCUT2D eigenvalue weighted by atomic mass is 35.5. The normalized spacial score (nSPS) is 11.5. The van der Waals surface area contributed by atoms with E-state index in [-0.39, 0.29) is 0 Å². The molecule has 0 unspecified atom stereocenters. The van der Waals surface area contributed by atoms with Crippen LogP contribution in [0.4, 0.5) is 5.69 Å². The lowest BCUT2D eigenvalue weighted by Crippen LogP contribution is -2.22. The van der Waals surface area contributed by atoms with Crippen LogP contribution in [0, 0.1) is 0 Å². The van der Waals surface area contributed by atoms with E-state index in [1.54, 1.807) is 18.8 Å². The van der Waals surface area contributed by atoms with Crippen LogP contribution in [0.25, 0.3) is 0 Å². The third-order valence-corrected chi connectivity index (χ3v) is 2.96. The number of hydrogen-bond acceptors (Lipinski definition) is 2. The van der Waals surface area contributed by atoms with E-state index < -0.39 is 0 Å². The number of nitrogens with two attached hydrogens (primary N) is 1. The van der Waals surface area contributed by atoms with Crippen molar-refractivity contribution in [2.45, 2.75) is 11.8 Å². The van der Waals surface area contributed by atoms with Crippen molar-refractivity contribution in [3.63, 3.8) is 0 Å². The van der Waals surface area contributed by atoms with Gasteiger partial charge in [-0.15, -0.1) is 11.8 Å². The first-order valence-electron chi connectivity index (χ1n) is 4.59. The number of benzene rings is 1. The second-order valence-corrected chi connectivity index (χ2v) is 4.55. The van der Waals surface area contributed by atoms with Crippen molar-refractivity contribution in [2.75, 3.05) is 18.1 Å². The van der Waals surface area contributed by atoms with Crippen molar-refractivity contribution in [3.8, 4) is 0 Å². The van der Waals surface area contributed by atoms with E-state index in [1.807, 2.05) is 18.2 Å². The van der Waals surface area contributed by atoms with Gasteiger partial charge in [-0.05, 0) is 24.0 Å². The van der Waals surface area contributed by atoms with Crippen molar-refractivity contribution in [2.24, 2.45) is 10.7 Å². The van der Waals surface area contributed by atoms with E-state index in [1.165, 1.54) is 0 Å². The lowest BCUT2D eigenvalue weighted by molar-refractivity contribution is 1.36. The standard InChI is InChI=1S/C10H14ClN3S/c1-3-15-7-4-5-8(11)9(6-7)14-10(12)13-2/h4-6H,3H2,1-2H3,(H3,12,13,14). The molecule has 0 aliphatic heterocycles. The zero-order valence-corrected chi connectivity index (χ0v) is 10.3. The number of halogens is 1. The van der Waals surface area contributed by atoms with Crippen LogP contribution in [-0.4, -0.2) is 18.8 Å². The number of nitrogens with zero attached hydrogens (tertiary/aromatic N) is 1. The average molecular weight is 244 g/mol. The highest BCUT2D eigenvalue weighted by Gasteiger charge is 2.02. The largest absolute Gasteiger partial charge is 0.370 e. The maximum absolute atomic E-state index is 6.02. The van der Waals surface area contributed by atoms with Gasteiger partial charge in [-0.1, -0.05) is 18.5 Å². The van der Waals surface area contributed by atoms with E-state index in [9.17, 15) is 0 Å². The molecule has 0 bridgehead atoms. The van der Waals surface area contributed by atoms with Crippen LogP contribution in [0.5, 0.6) is 0 Å².